The highest BCUT2D eigenvalue weighted by Gasteiger charge is 2.09. The predicted molar refractivity (Wildman–Crippen MR) is 69.1 cm³/mol. The molecule has 0 aliphatic carbocycles. The smallest absolute Gasteiger partial charge is 0.201 e. The second kappa shape index (κ2) is 4.92. The summed E-state index contributed by atoms with van der Waals surface area (Å²) in [4.78, 5) is 7.36. The maximum Gasteiger partial charge on any atom is 0.201 e. The average Bonchev–Trinajstić information content (AvgIpc) is 2.57. The van der Waals surface area contributed by atoms with Gasteiger partial charge in [-0.3, -0.25) is 0 Å². The highest BCUT2D eigenvalue weighted by molar-refractivity contribution is 6.20. The first kappa shape index (κ1) is 12.2. The van der Waals surface area contributed by atoms with Crippen molar-refractivity contribution in [2.75, 3.05) is 5.32 Å². The zero-order valence-corrected chi connectivity index (χ0v) is 10.6. The summed E-state index contributed by atoms with van der Waals surface area (Å²) in [5, 5.41) is 3.32. The van der Waals surface area contributed by atoms with Crippen LogP contribution in [0.2, 0.25) is 0 Å². The molecule has 0 saturated heterocycles. The van der Waals surface area contributed by atoms with E-state index in [0.29, 0.717) is 11.5 Å². The van der Waals surface area contributed by atoms with Crippen LogP contribution in [-0.2, 0) is 0 Å². The van der Waals surface area contributed by atoms with Gasteiger partial charge in [-0.2, -0.15) is 0 Å². The fraction of sp³-hybridized carbons (Fsp3) is 0.417. The van der Waals surface area contributed by atoms with Crippen LogP contribution in [0.3, 0.4) is 0 Å². The van der Waals surface area contributed by atoms with Crippen LogP contribution in [-0.4, -0.2) is 21.4 Å². The van der Waals surface area contributed by atoms with E-state index in [-0.39, 0.29) is 17.2 Å². The molecule has 5 heteroatoms. The van der Waals surface area contributed by atoms with Crippen molar-refractivity contribution in [1.29, 1.82) is 0 Å². The molecule has 1 aromatic carbocycles. The second-order valence-corrected chi connectivity index (χ2v) is 5.05. The number of hydrogen-bond acceptors (Lipinski definition) is 2. The monoisotopic (exact) mass is 255 g/mol. The van der Waals surface area contributed by atoms with Gasteiger partial charge in [0.1, 0.15) is 5.82 Å². The Hall–Kier alpha value is -1.29. The number of aromatic nitrogens is 2. The largest absolute Gasteiger partial charge is 0.353 e. The Balaban J connectivity index is 2.14. The molecular formula is C12H15ClFN3. The number of nitrogens with one attached hydrogen (secondary N) is 2. The number of halogens is 2. The summed E-state index contributed by atoms with van der Waals surface area (Å²) in [7, 11) is 0. The summed E-state index contributed by atoms with van der Waals surface area (Å²) in [6, 6.07) is 4.70. The van der Waals surface area contributed by atoms with Crippen molar-refractivity contribution in [3.63, 3.8) is 0 Å². The van der Waals surface area contributed by atoms with Crippen LogP contribution in [0.15, 0.2) is 18.2 Å². The number of nitrogens with zero attached hydrogens (tertiary/aromatic N) is 1. The molecule has 2 rings (SSSR count). The number of benzene rings is 1. The molecular weight excluding hydrogens is 241 g/mol. The fourth-order valence-corrected chi connectivity index (χ4v) is 2.10. The van der Waals surface area contributed by atoms with Gasteiger partial charge in [-0.25, -0.2) is 9.37 Å². The van der Waals surface area contributed by atoms with E-state index >= 15 is 0 Å². The summed E-state index contributed by atoms with van der Waals surface area (Å²) in [6.45, 7) is 3.99. The number of H-pyrrole nitrogens is 1. The van der Waals surface area contributed by atoms with Crippen molar-refractivity contribution in [2.24, 2.45) is 0 Å². The topological polar surface area (TPSA) is 40.7 Å². The van der Waals surface area contributed by atoms with E-state index in [2.05, 4.69) is 15.3 Å². The van der Waals surface area contributed by atoms with Gasteiger partial charge in [-0.15, -0.1) is 11.6 Å². The van der Waals surface area contributed by atoms with Crippen molar-refractivity contribution < 1.29 is 4.39 Å². The van der Waals surface area contributed by atoms with Crippen molar-refractivity contribution >= 4 is 28.6 Å². The normalized spacial score (nSPS) is 14.8. The first-order valence-corrected chi connectivity index (χ1v) is 6.04. The molecule has 2 unspecified atom stereocenters. The average molecular weight is 256 g/mol. The van der Waals surface area contributed by atoms with Crippen molar-refractivity contribution in [2.45, 2.75) is 31.7 Å². The highest BCUT2D eigenvalue weighted by atomic mass is 35.5. The van der Waals surface area contributed by atoms with Gasteiger partial charge in [-0.05, 0) is 38.5 Å². The minimum atomic E-state index is -0.268. The molecule has 2 aromatic rings. The number of alkyl halides is 1. The first-order chi connectivity index (χ1) is 8.04. The summed E-state index contributed by atoms with van der Waals surface area (Å²) in [5.41, 5.74) is 1.44. The SMILES string of the molecule is CC(Cl)CC(C)Nc1nc2ccc(F)cc2[nH]1. The van der Waals surface area contributed by atoms with Crippen LogP contribution in [0, 0.1) is 5.82 Å². The Bertz CT molecular complexity index is 509. The van der Waals surface area contributed by atoms with Gasteiger partial charge in [0.25, 0.3) is 0 Å². The van der Waals surface area contributed by atoms with E-state index in [1.165, 1.54) is 12.1 Å². The standard InChI is InChI=1S/C12H15ClFN3/c1-7(13)5-8(2)15-12-16-10-4-3-9(14)6-11(10)17-12/h3-4,6-8H,5H2,1-2H3,(H2,15,16,17). The van der Waals surface area contributed by atoms with Crippen LogP contribution >= 0.6 is 11.6 Å². The molecule has 0 spiro atoms. The van der Waals surface area contributed by atoms with Gasteiger partial charge in [0.05, 0.1) is 11.0 Å². The van der Waals surface area contributed by atoms with E-state index in [9.17, 15) is 4.39 Å². The summed E-state index contributed by atoms with van der Waals surface area (Å²) in [5.74, 6) is 0.380. The minimum absolute atomic E-state index is 0.110. The lowest BCUT2D eigenvalue weighted by molar-refractivity contribution is 0.629. The van der Waals surface area contributed by atoms with E-state index in [4.69, 9.17) is 11.6 Å². The zero-order chi connectivity index (χ0) is 12.4. The van der Waals surface area contributed by atoms with Crippen LogP contribution < -0.4 is 5.32 Å². The predicted octanol–water partition coefficient (Wildman–Crippen LogP) is 3.52. The number of imidazole rings is 1. The molecule has 0 amide bonds. The Morgan fingerprint density at radius 1 is 1.47 bits per heavy atom. The Kier molecular flexibility index (Phi) is 3.52. The fourth-order valence-electron chi connectivity index (χ4n) is 1.83. The van der Waals surface area contributed by atoms with E-state index in [0.717, 1.165) is 11.9 Å². The molecule has 0 fully saturated rings. The van der Waals surface area contributed by atoms with Crippen molar-refractivity contribution in [3.05, 3.63) is 24.0 Å². The molecule has 0 saturated carbocycles. The van der Waals surface area contributed by atoms with Crippen LogP contribution in [0.1, 0.15) is 20.3 Å². The van der Waals surface area contributed by atoms with Gasteiger partial charge >= 0.3 is 0 Å². The van der Waals surface area contributed by atoms with E-state index < -0.39 is 0 Å². The maximum absolute atomic E-state index is 13.0. The number of anilines is 1. The molecule has 2 N–H and O–H groups in total. The lowest BCUT2D eigenvalue weighted by Crippen LogP contribution is -2.19. The molecule has 92 valence electrons. The number of aromatic amines is 1. The Morgan fingerprint density at radius 3 is 2.94 bits per heavy atom. The number of rotatable bonds is 4. The molecule has 3 nitrogen and oxygen atoms in total. The van der Waals surface area contributed by atoms with Gasteiger partial charge in [0, 0.05) is 11.4 Å². The molecule has 1 aromatic heterocycles. The quantitative estimate of drug-likeness (QED) is 0.821. The summed E-state index contributed by atoms with van der Waals surface area (Å²) in [6.07, 6.45) is 0.840. The van der Waals surface area contributed by atoms with Crippen LogP contribution in [0.25, 0.3) is 11.0 Å². The van der Waals surface area contributed by atoms with Crippen LogP contribution in [0.5, 0.6) is 0 Å². The van der Waals surface area contributed by atoms with Gasteiger partial charge in [0.15, 0.2) is 0 Å². The molecule has 0 aliphatic heterocycles. The number of fused-ring (bicyclic) bond motifs is 1. The van der Waals surface area contributed by atoms with Crippen molar-refractivity contribution in [1.82, 2.24) is 9.97 Å². The third-order valence-corrected chi connectivity index (χ3v) is 2.68. The molecule has 0 radical (unpaired) electrons. The lowest BCUT2D eigenvalue weighted by atomic mass is 10.2. The maximum atomic E-state index is 13.0. The third kappa shape index (κ3) is 3.09. The first-order valence-electron chi connectivity index (χ1n) is 5.60. The van der Waals surface area contributed by atoms with Gasteiger partial charge in [-0.1, -0.05) is 0 Å². The minimum Gasteiger partial charge on any atom is -0.353 e. The van der Waals surface area contributed by atoms with Gasteiger partial charge in [0.2, 0.25) is 5.95 Å². The highest BCUT2D eigenvalue weighted by Crippen LogP contribution is 2.17. The zero-order valence-electron chi connectivity index (χ0n) is 9.80. The Morgan fingerprint density at radius 2 is 2.24 bits per heavy atom. The molecule has 2 atom stereocenters. The van der Waals surface area contributed by atoms with Crippen LogP contribution in [0.4, 0.5) is 10.3 Å². The molecule has 17 heavy (non-hydrogen) atoms. The third-order valence-electron chi connectivity index (χ3n) is 2.51. The number of hydrogen-bond donors (Lipinski definition) is 2. The second-order valence-electron chi connectivity index (χ2n) is 4.31. The summed E-state index contributed by atoms with van der Waals surface area (Å²) >= 11 is 5.92. The van der Waals surface area contributed by atoms with Crippen molar-refractivity contribution in [3.8, 4) is 0 Å². The van der Waals surface area contributed by atoms with E-state index in [1.807, 2.05) is 13.8 Å². The molecule has 0 bridgehead atoms. The Labute approximate surface area is 104 Å². The molecule has 1 heterocycles. The lowest BCUT2D eigenvalue weighted by Gasteiger charge is -2.13. The summed E-state index contributed by atoms with van der Waals surface area (Å²) < 4.78 is 13.0. The van der Waals surface area contributed by atoms with Gasteiger partial charge < -0.3 is 10.3 Å². The molecule has 0 aliphatic rings. The van der Waals surface area contributed by atoms with E-state index in [1.54, 1.807) is 6.07 Å².